The van der Waals surface area contributed by atoms with E-state index in [1.807, 2.05) is 6.92 Å². The molecule has 1 spiro atoms. The number of carbonyl (C=O) groups excluding carboxylic acids is 3. The van der Waals surface area contributed by atoms with E-state index in [0.717, 1.165) is 6.42 Å². The predicted octanol–water partition coefficient (Wildman–Crippen LogP) is 2.28. The number of hydrogen-bond acceptors (Lipinski definition) is 5. The summed E-state index contributed by atoms with van der Waals surface area (Å²) in [6, 6.07) is 6.32. The van der Waals surface area contributed by atoms with Gasteiger partial charge in [-0.1, -0.05) is 23.7 Å². The molecule has 3 aliphatic heterocycles. The van der Waals surface area contributed by atoms with Crippen molar-refractivity contribution >= 4 is 46.8 Å². The Morgan fingerprint density at radius 3 is 2.68 bits per heavy atom. The van der Waals surface area contributed by atoms with Gasteiger partial charge in [-0.3, -0.25) is 14.4 Å². The number of para-hydroxylation sites is 1. The second-order valence-electron chi connectivity index (χ2n) is 8.77. The molecular weight excluding hydrogens is 438 g/mol. The lowest BCUT2D eigenvalue weighted by Crippen LogP contribution is -2.52. The molecule has 3 N–H and O–H groups in total. The fraction of sp³-hybridized carbons (Fsp3) is 0.591. The molecule has 4 rings (SSSR count). The van der Waals surface area contributed by atoms with Crippen LogP contribution in [-0.2, 0) is 14.4 Å². The summed E-state index contributed by atoms with van der Waals surface area (Å²) in [6.45, 7) is 2.44. The predicted molar refractivity (Wildman–Crippen MR) is 121 cm³/mol. The third-order valence-corrected chi connectivity index (χ3v) is 9.31. The molecule has 0 saturated carbocycles. The highest BCUT2D eigenvalue weighted by molar-refractivity contribution is 8.02. The van der Waals surface area contributed by atoms with E-state index in [1.165, 1.54) is 0 Å². The first-order valence-corrected chi connectivity index (χ1v) is 11.9. The zero-order chi connectivity index (χ0) is 22.4. The number of fused-ring (bicyclic) bond motifs is 1. The lowest BCUT2D eigenvalue weighted by Gasteiger charge is -2.34. The first-order valence-electron chi connectivity index (χ1n) is 10.7. The molecule has 0 aliphatic carbocycles. The monoisotopic (exact) mass is 465 g/mol. The molecule has 3 aliphatic rings. The van der Waals surface area contributed by atoms with Crippen LogP contribution in [0.1, 0.15) is 32.6 Å². The van der Waals surface area contributed by atoms with E-state index in [9.17, 15) is 19.5 Å². The number of anilines is 1. The molecule has 2 bridgehead atoms. The van der Waals surface area contributed by atoms with E-state index in [1.54, 1.807) is 48.0 Å². The van der Waals surface area contributed by atoms with Crippen molar-refractivity contribution in [1.82, 2.24) is 10.2 Å². The van der Waals surface area contributed by atoms with Gasteiger partial charge in [-0.2, -0.15) is 0 Å². The summed E-state index contributed by atoms with van der Waals surface area (Å²) in [5.74, 6) is -1.56. The van der Waals surface area contributed by atoms with Gasteiger partial charge >= 0.3 is 0 Å². The Balaban J connectivity index is 1.72. The number of thioether (sulfide) groups is 1. The third kappa shape index (κ3) is 3.43. The van der Waals surface area contributed by atoms with Crippen molar-refractivity contribution in [3.8, 4) is 0 Å². The minimum Gasteiger partial charge on any atom is -0.396 e. The van der Waals surface area contributed by atoms with Crippen molar-refractivity contribution < 1.29 is 19.5 Å². The van der Waals surface area contributed by atoms with Gasteiger partial charge in [0.25, 0.3) is 0 Å². The number of aliphatic hydroxyl groups excluding tert-OH is 1. The SMILES string of the molecule is CNC(=O)[C@H]1[C@H]2C(=O)N(CCCCO)C(C(=O)Nc3ccccc3Cl)C23CC[C@]1(C)S3. The maximum Gasteiger partial charge on any atom is 0.248 e. The van der Waals surface area contributed by atoms with E-state index in [4.69, 9.17) is 11.6 Å². The van der Waals surface area contributed by atoms with Crippen LogP contribution in [0, 0.1) is 11.8 Å². The van der Waals surface area contributed by atoms with Crippen LogP contribution in [0.3, 0.4) is 0 Å². The summed E-state index contributed by atoms with van der Waals surface area (Å²) in [6.07, 6.45) is 2.62. The Kier molecular flexibility index (Phi) is 6.00. The van der Waals surface area contributed by atoms with E-state index >= 15 is 0 Å². The standard InChI is InChI=1S/C22H28ClN3O4S/c1-21-9-10-22(31-21)16(15(21)18(28)24-2)20(30)26(11-5-6-12-27)17(22)19(29)25-14-8-4-3-7-13(14)23/h3-4,7-8,15-17,27H,5-6,9-12H2,1-2H3,(H,24,28)(H,25,29)/t15-,16+,17?,21+,22?/m1/s1. The average molecular weight is 466 g/mol. The lowest BCUT2D eigenvalue weighted by atomic mass is 9.66. The molecule has 1 aromatic rings. The molecule has 3 fully saturated rings. The molecule has 31 heavy (non-hydrogen) atoms. The van der Waals surface area contributed by atoms with E-state index < -0.39 is 22.6 Å². The summed E-state index contributed by atoms with van der Waals surface area (Å²) < 4.78 is -1.02. The quantitative estimate of drug-likeness (QED) is 0.536. The van der Waals surface area contributed by atoms with Gasteiger partial charge in [-0.25, -0.2) is 0 Å². The lowest BCUT2D eigenvalue weighted by molar-refractivity contribution is -0.140. The molecule has 9 heteroatoms. The fourth-order valence-corrected chi connectivity index (χ4v) is 8.22. The number of halogens is 1. The van der Waals surface area contributed by atoms with Crippen LogP contribution >= 0.6 is 23.4 Å². The van der Waals surface area contributed by atoms with Crippen molar-refractivity contribution in [2.45, 2.75) is 48.1 Å². The van der Waals surface area contributed by atoms with Crippen LogP contribution in [0.5, 0.6) is 0 Å². The van der Waals surface area contributed by atoms with Gasteiger partial charge in [-0.05, 0) is 44.7 Å². The molecular formula is C22H28ClN3O4S. The van der Waals surface area contributed by atoms with Crippen LogP contribution in [0.15, 0.2) is 24.3 Å². The molecule has 3 amide bonds. The Bertz CT molecular complexity index is 914. The zero-order valence-electron chi connectivity index (χ0n) is 17.7. The maximum atomic E-state index is 13.6. The molecule has 3 heterocycles. The molecule has 0 aromatic heterocycles. The van der Waals surface area contributed by atoms with Gasteiger partial charge in [0, 0.05) is 24.9 Å². The van der Waals surface area contributed by atoms with E-state index in [-0.39, 0.29) is 29.1 Å². The smallest absolute Gasteiger partial charge is 0.248 e. The van der Waals surface area contributed by atoms with Gasteiger partial charge in [0.2, 0.25) is 17.7 Å². The number of nitrogens with zero attached hydrogens (tertiary/aromatic N) is 1. The van der Waals surface area contributed by atoms with Gasteiger partial charge in [0.1, 0.15) is 6.04 Å². The van der Waals surface area contributed by atoms with Crippen molar-refractivity contribution in [3.05, 3.63) is 29.3 Å². The number of unbranched alkanes of at least 4 members (excludes halogenated alkanes) is 1. The van der Waals surface area contributed by atoms with Crippen molar-refractivity contribution in [2.75, 3.05) is 25.5 Å². The third-order valence-electron chi connectivity index (χ3n) is 6.99. The van der Waals surface area contributed by atoms with E-state index in [2.05, 4.69) is 10.6 Å². The number of nitrogens with one attached hydrogen (secondary N) is 2. The molecule has 1 aromatic carbocycles. The molecule has 2 unspecified atom stereocenters. The first-order chi connectivity index (χ1) is 14.8. The molecule has 5 atom stereocenters. The number of aliphatic hydroxyl groups is 1. The molecule has 0 radical (unpaired) electrons. The highest BCUT2D eigenvalue weighted by atomic mass is 35.5. The summed E-state index contributed by atoms with van der Waals surface area (Å²) in [4.78, 5) is 41.7. The van der Waals surface area contributed by atoms with Gasteiger partial charge < -0.3 is 20.6 Å². The minimum atomic E-state index is -0.693. The summed E-state index contributed by atoms with van der Waals surface area (Å²) >= 11 is 7.89. The van der Waals surface area contributed by atoms with Gasteiger partial charge in [0.15, 0.2) is 0 Å². The normalized spacial score (nSPS) is 33.5. The number of carbonyl (C=O) groups is 3. The Morgan fingerprint density at radius 2 is 2.00 bits per heavy atom. The van der Waals surface area contributed by atoms with Crippen LogP contribution in [0.4, 0.5) is 5.69 Å². The highest BCUT2D eigenvalue weighted by Crippen LogP contribution is 2.71. The fourth-order valence-electron chi connectivity index (χ4n) is 5.68. The zero-order valence-corrected chi connectivity index (χ0v) is 19.3. The molecule has 168 valence electrons. The Labute approximate surface area is 191 Å². The van der Waals surface area contributed by atoms with Crippen LogP contribution < -0.4 is 10.6 Å². The van der Waals surface area contributed by atoms with Crippen LogP contribution in [0.2, 0.25) is 5.02 Å². The number of amides is 3. The number of benzene rings is 1. The first kappa shape index (κ1) is 22.4. The summed E-state index contributed by atoms with van der Waals surface area (Å²) in [5, 5.41) is 15.3. The van der Waals surface area contributed by atoms with Gasteiger partial charge in [0.05, 0.1) is 27.3 Å². The van der Waals surface area contributed by atoms with Gasteiger partial charge in [-0.15, -0.1) is 11.8 Å². The van der Waals surface area contributed by atoms with Crippen LogP contribution in [-0.4, -0.2) is 63.5 Å². The highest BCUT2D eigenvalue weighted by Gasteiger charge is 2.76. The Morgan fingerprint density at radius 1 is 1.26 bits per heavy atom. The topological polar surface area (TPSA) is 98.7 Å². The van der Waals surface area contributed by atoms with Crippen molar-refractivity contribution in [1.29, 1.82) is 0 Å². The van der Waals surface area contributed by atoms with E-state index in [0.29, 0.717) is 36.5 Å². The maximum absolute atomic E-state index is 13.6. The largest absolute Gasteiger partial charge is 0.396 e. The number of likely N-dealkylation sites (tertiary alicyclic amines) is 1. The average Bonchev–Trinajstić information content (AvgIpc) is 3.30. The van der Waals surface area contributed by atoms with Crippen LogP contribution in [0.25, 0.3) is 0 Å². The second-order valence-corrected chi connectivity index (χ2v) is 11.1. The number of rotatable bonds is 7. The summed E-state index contributed by atoms with van der Waals surface area (Å²) in [7, 11) is 1.59. The minimum absolute atomic E-state index is 0.0285. The van der Waals surface area contributed by atoms with Crippen molar-refractivity contribution in [2.24, 2.45) is 11.8 Å². The molecule has 3 saturated heterocycles. The summed E-state index contributed by atoms with van der Waals surface area (Å²) in [5.41, 5.74) is 0.503. The second kappa shape index (κ2) is 8.30. The Hall–Kier alpha value is -1.77. The number of hydrogen-bond donors (Lipinski definition) is 3. The molecule has 7 nitrogen and oxygen atoms in total. The van der Waals surface area contributed by atoms with Crippen molar-refractivity contribution in [3.63, 3.8) is 0 Å².